The van der Waals surface area contributed by atoms with E-state index in [9.17, 15) is 0 Å². The molecule has 5 nitrogen and oxygen atoms in total. The number of thioether (sulfide) groups is 1. The van der Waals surface area contributed by atoms with Crippen molar-refractivity contribution in [3.63, 3.8) is 0 Å². The topological polar surface area (TPSA) is 56.7 Å². The van der Waals surface area contributed by atoms with Crippen LogP contribution in [0.2, 0.25) is 0 Å². The predicted octanol–water partition coefficient (Wildman–Crippen LogP) is 4.54. The van der Waals surface area contributed by atoms with Gasteiger partial charge in [-0.3, -0.25) is 0 Å². The minimum absolute atomic E-state index is 0.514. The van der Waals surface area contributed by atoms with Crippen LogP contribution in [-0.4, -0.2) is 19.9 Å². The second-order valence-corrected chi connectivity index (χ2v) is 8.22. The van der Waals surface area contributed by atoms with Crippen LogP contribution in [0.3, 0.4) is 0 Å². The van der Waals surface area contributed by atoms with Gasteiger partial charge in [0.15, 0.2) is 14.1 Å². The molecule has 0 radical (unpaired) electrons. The lowest BCUT2D eigenvalue weighted by atomic mass is 10.1. The highest BCUT2D eigenvalue weighted by Crippen LogP contribution is 2.26. The van der Waals surface area contributed by atoms with Gasteiger partial charge in [-0.15, -0.1) is 5.10 Å². The molecule has 3 aromatic rings. The van der Waals surface area contributed by atoms with Gasteiger partial charge in [0.1, 0.15) is 0 Å². The summed E-state index contributed by atoms with van der Waals surface area (Å²) < 4.78 is 8.67. The van der Waals surface area contributed by atoms with Crippen LogP contribution in [0.25, 0.3) is 5.69 Å². The van der Waals surface area contributed by atoms with E-state index in [0.29, 0.717) is 17.6 Å². The summed E-state index contributed by atoms with van der Waals surface area (Å²) in [4.78, 5) is 4.40. The number of hydrogen-bond acceptors (Lipinski definition) is 7. The van der Waals surface area contributed by atoms with E-state index in [-0.39, 0.29) is 0 Å². The lowest BCUT2D eigenvalue weighted by Gasteiger charge is -1.98. The van der Waals surface area contributed by atoms with Crippen molar-refractivity contribution in [2.24, 2.45) is 5.92 Å². The fraction of sp³-hybridized carbons (Fsp3) is 0.333. The Bertz CT molecular complexity index is 823. The van der Waals surface area contributed by atoms with Crippen LogP contribution in [-0.2, 0) is 12.2 Å². The lowest BCUT2D eigenvalue weighted by Crippen LogP contribution is -1.96. The van der Waals surface area contributed by atoms with Gasteiger partial charge in [0, 0.05) is 6.42 Å². The fourth-order valence-corrected chi connectivity index (χ4v) is 4.17. The van der Waals surface area contributed by atoms with Gasteiger partial charge in [0.2, 0.25) is 5.89 Å². The van der Waals surface area contributed by atoms with Crippen molar-refractivity contribution in [2.45, 2.75) is 30.4 Å². The maximum atomic E-state index is 5.39. The Labute approximate surface area is 147 Å². The van der Waals surface area contributed by atoms with Crippen molar-refractivity contribution in [1.82, 2.24) is 19.9 Å². The molecule has 2 aromatic heterocycles. The Morgan fingerprint density at radius 1 is 1.30 bits per heavy atom. The summed E-state index contributed by atoms with van der Waals surface area (Å²) in [5.41, 5.74) is 0.970. The van der Waals surface area contributed by atoms with Crippen LogP contribution in [0.1, 0.15) is 25.6 Å². The molecule has 23 heavy (non-hydrogen) atoms. The molecule has 0 bridgehead atoms. The Morgan fingerprint density at radius 3 is 2.83 bits per heavy atom. The second-order valence-electron chi connectivity index (χ2n) is 5.37. The lowest BCUT2D eigenvalue weighted by molar-refractivity contribution is 0.382. The highest BCUT2D eigenvalue weighted by molar-refractivity contribution is 8.00. The number of hydrogen-bond donors (Lipinski definition) is 0. The SMILES string of the molecule is CC(C)Cc1noc(CSc2nn(-c3ccccc3)c(=S)s2)n1. The van der Waals surface area contributed by atoms with Crippen LogP contribution >= 0.6 is 35.3 Å². The Hall–Kier alpha value is -1.51. The highest BCUT2D eigenvalue weighted by atomic mass is 32.2. The summed E-state index contributed by atoms with van der Waals surface area (Å²) in [5, 5.41) is 8.55. The molecule has 0 aliphatic heterocycles. The highest BCUT2D eigenvalue weighted by Gasteiger charge is 2.11. The molecule has 3 rings (SSSR count). The van der Waals surface area contributed by atoms with Gasteiger partial charge in [-0.1, -0.05) is 60.3 Å². The molecule has 120 valence electrons. The number of rotatable bonds is 6. The maximum Gasteiger partial charge on any atom is 0.237 e. The van der Waals surface area contributed by atoms with Gasteiger partial charge >= 0.3 is 0 Å². The van der Waals surface area contributed by atoms with Gasteiger partial charge in [0.25, 0.3) is 0 Å². The first kappa shape index (κ1) is 16.4. The zero-order valence-corrected chi connectivity index (χ0v) is 15.2. The average molecular weight is 365 g/mol. The van der Waals surface area contributed by atoms with Crippen LogP contribution in [0.5, 0.6) is 0 Å². The third kappa shape index (κ3) is 4.27. The number of para-hydroxylation sites is 1. The molecule has 0 fully saturated rings. The Balaban J connectivity index is 1.67. The fourth-order valence-electron chi connectivity index (χ4n) is 1.97. The second kappa shape index (κ2) is 7.37. The summed E-state index contributed by atoms with van der Waals surface area (Å²) in [6.07, 6.45) is 0.829. The molecule has 0 aliphatic rings. The largest absolute Gasteiger partial charge is 0.338 e. The van der Waals surface area contributed by atoms with Crippen molar-refractivity contribution in [1.29, 1.82) is 0 Å². The molecule has 0 atom stereocenters. The van der Waals surface area contributed by atoms with Crippen molar-refractivity contribution < 1.29 is 4.52 Å². The van der Waals surface area contributed by atoms with E-state index in [2.05, 4.69) is 29.1 Å². The van der Waals surface area contributed by atoms with E-state index in [4.69, 9.17) is 16.7 Å². The molecule has 1 aromatic carbocycles. The third-order valence-electron chi connectivity index (χ3n) is 2.95. The normalized spacial score (nSPS) is 11.3. The van der Waals surface area contributed by atoms with Crippen molar-refractivity contribution >= 4 is 35.3 Å². The third-order valence-corrected chi connectivity index (χ3v) is 5.30. The van der Waals surface area contributed by atoms with Crippen LogP contribution in [0.4, 0.5) is 0 Å². The minimum Gasteiger partial charge on any atom is -0.338 e. The first-order chi connectivity index (χ1) is 11.1. The molecular weight excluding hydrogens is 348 g/mol. The average Bonchev–Trinajstić information content (AvgIpc) is 3.12. The van der Waals surface area contributed by atoms with E-state index in [0.717, 1.165) is 26.2 Å². The van der Waals surface area contributed by atoms with Crippen LogP contribution in [0, 0.1) is 9.87 Å². The molecule has 8 heteroatoms. The Kier molecular flexibility index (Phi) is 5.24. The molecule has 2 heterocycles. The summed E-state index contributed by atoms with van der Waals surface area (Å²) in [6.45, 7) is 4.27. The first-order valence-corrected chi connectivity index (χ1v) is 9.42. The molecule has 0 N–H and O–H groups in total. The molecule has 0 aliphatic carbocycles. The van der Waals surface area contributed by atoms with Gasteiger partial charge in [-0.05, 0) is 30.3 Å². The van der Waals surface area contributed by atoms with E-state index in [1.54, 1.807) is 16.4 Å². The van der Waals surface area contributed by atoms with E-state index < -0.39 is 0 Å². The van der Waals surface area contributed by atoms with Crippen LogP contribution in [0.15, 0.2) is 39.2 Å². The standard InChI is InChI=1S/C15H16N4OS3/c1-10(2)8-12-16-13(20-18-12)9-22-14-17-19(15(21)23-14)11-6-4-3-5-7-11/h3-7,10H,8-9H2,1-2H3. The van der Waals surface area contributed by atoms with E-state index >= 15 is 0 Å². The van der Waals surface area contributed by atoms with E-state index in [1.165, 1.54) is 11.3 Å². The summed E-state index contributed by atoms with van der Waals surface area (Å²) in [5.74, 6) is 2.50. The number of nitrogens with zero attached hydrogens (tertiary/aromatic N) is 4. The molecule has 0 amide bonds. The summed E-state index contributed by atoms with van der Waals surface area (Å²) in [7, 11) is 0. The number of benzene rings is 1. The molecule has 0 saturated heterocycles. The van der Waals surface area contributed by atoms with Gasteiger partial charge in [0.05, 0.1) is 11.4 Å². The van der Waals surface area contributed by atoms with Crippen LogP contribution < -0.4 is 0 Å². The van der Waals surface area contributed by atoms with Gasteiger partial charge in [-0.2, -0.15) is 4.98 Å². The molecular formula is C15H16N4OS3. The monoisotopic (exact) mass is 364 g/mol. The maximum absolute atomic E-state index is 5.39. The van der Waals surface area contributed by atoms with Crippen molar-refractivity contribution in [3.05, 3.63) is 46.0 Å². The zero-order valence-electron chi connectivity index (χ0n) is 12.8. The quantitative estimate of drug-likeness (QED) is 0.473. The summed E-state index contributed by atoms with van der Waals surface area (Å²) >= 11 is 8.44. The zero-order chi connectivity index (χ0) is 16.2. The summed E-state index contributed by atoms with van der Waals surface area (Å²) in [6, 6.07) is 9.88. The number of aromatic nitrogens is 4. The van der Waals surface area contributed by atoms with Gasteiger partial charge < -0.3 is 4.52 Å². The van der Waals surface area contributed by atoms with Crippen molar-refractivity contribution in [2.75, 3.05) is 0 Å². The molecule has 0 saturated carbocycles. The predicted molar refractivity (Wildman–Crippen MR) is 94.7 cm³/mol. The Morgan fingerprint density at radius 2 is 2.09 bits per heavy atom. The van der Waals surface area contributed by atoms with Gasteiger partial charge in [-0.25, -0.2) is 4.68 Å². The molecule has 0 unspecified atom stereocenters. The molecule has 0 spiro atoms. The smallest absolute Gasteiger partial charge is 0.237 e. The first-order valence-electron chi connectivity index (χ1n) is 7.21. The minimum atomic E-state index is 0.514. The van der Waals surface area contributed by atoms with Crippen molar-refractivity contribution in [3.8, 4) is 5.69 Å². The van der Waals surface area contributed by atoms with E-state index in [1.807, 2.05) is 30.3 Å².